The van der Waals surface area contributed by atoms with Gasteiger partial charge < -0.3 is 10.0 Å². The minimum Gasteiger partial charge on any atom is -0.465 e. The molecule has 1 saturated carbocycles. The second-order valence-corrected chi connectivity index (χ2v) is 4.50. The normalized spacial score (nSPS) is 25.5. The van der Waals surface area contributed by atoms with Crippen molar-refractivity contribution in [1.82, 2.24) is 4.90 Å². The van der Waals surface area contributed by atoms with Gasteiger partial charge in [0, 0.05) is 19.0 Å². The molecule has 1 spiro atoms. The molecule has 2 fully saturated rings. The van der Waals surface area contributed by atoms with Gasteiger partial charge in [0.1, 0.15) is 0 Å². The Balaban J connectivity index is 1.86. The van der Waals surface area contributed by atoms with Crippen molar-refractivity contribution in [3.05, 3.63) is 0 Å². The molecule has 0 aromatic heterocycles. The Labute approximate surface area is 83.1 Å². The van der Waals surface area contributed by atoms with Gasteiger partial charge in [0.25, 0.3) is 0 Å². The molecule has 0 radical (unpaired) electrons. The second kappa shape index (κ2) is 3.16. The number of nitriles is 1. The Hall–Kier alpha value is -1.24. The molecule has 1 aliphatic heterocycles. The Kier molecular flexibility index (Phi) is 2.10. The lowest BCUT2D eigenvalue weighted by Gasteiger charge is -2.49. The Bertz CT molecular complexity index is 279. The van der Waals surface area contributed by atoms with Gasteiger partial charge >= 0.3 is 6.09 Å². The Morgan fingerprint density at radius 1 is 1.43 bits per heavy atom. The highest BCUT2D eigenvalue weighted by atomic mass is 16.4. The molecule has 1 saturated heterocycles. The second-order valence-electron chi connectivity index (χ2n) is 4.50. The predicted molar refractivity (Wildman–Crippen MR) is 49.6 cm³/mol. The van der Waals surface area contributed by atoms with E-state index >= 15 is 0 Å². The third kappa shape index (κ3) is 1.43. The van der Waals surface area contributed by atoms with Gasteiger partial charge in [0.05, 0.1) is 6.07 Å². The molecule has 4 nitrogen and oxygen atoms in total. The highest BCUT2D eigenvalue weighted by molar-refractivity contribution is 5.65. The van der Waals surface area contributed by atoms with Crippen molar-refractivity contribution >= 4 is 6.09 Å². The monoisotopic (exact) mass is 194 g/mol. The fourth-order valence-corrected chi connectivity index (χ4v) is 2.66. The number of hydrogen-bond donors (Lipinski definition) is 1. The highest BCUT2D eigenvalue weighted by Crippen LogP contribution is 2.52. The summed E-state index contributed by atoms with van der Waals surface area (Å²) < 4.78 is 0. The molecule has 0 unspecified atom stereocenters. The van der Waals surface area contributed by atoms with E-state index < -0.39 is 6.09 Å². The van der Waals surface area contributed by atoms with Crippen molar-refractivity contribution in [3.8, 4) is 6.07 Å². The van der Waals surface area contributed by atoms with E-state index in [2.05, 4.69) is 6.07 Å². The molecule has 1 aliphatic carbocycles. The van der Waals surface area contributed by atoms with Crippen LogP contribution in [0.25, 0.3) is 0 Å². The van der Waals surface area contributed by atoms with Gasteiger partial charge in [-0.25, -0.2) is 4.79 Å². The van der Waals surface area contributed by atoms with Gasteiger partial charge in [-0.05, 0) is 31.1 Å². The lowest BCUT2D eigenvalue weighted by atomic mass is 9.58. The number of amides is 1. The molecule has 2 aliphatic rings. The Morgan fingerprint density at radius 2 is 2.00 bits per heavy atom. The summed E-state index contributed by atoms with van der Waals surface area (Å²) in [5.74, 6) is 0.228. The summed E-state index contributed by atoms with van der Waals surface area (Å²) >= 11 is 0. The summed E-state index contributed by atoms with van der Waals surface area (Å²) in [6.45, 7) is 1.29. The number of carbonyl (C=O) groups is 1. The number of rotatable bonds is 0. The first-order valence-corrected chi connectivity index (χ1v) is 5.03. The van der Waals surface area contributed by atoms with Crippen LogP contribution in [0.1, 0.15) is 25.7 Å². The number of likely N-dealkylation sites (tertiary alicyclic amines) is 1. The molecular weight excluding hydrogens is 180 g/mol. The molecule has 14 heavy (non-hydrogen) atoms. The maximum absolute atomic E-state index is 10.7. The topological polar surface area (TPSA) is 64.3 Å². The van der Waals surface area contributed by atoms with Gasteiger partial charge in [-0.3, -0.25) is 0 Å². The molecule has 76 valence electrons. The number of hydrogen-bond acceptors (Lipinski definition) is 2. The van der Waals surface area contributed by atoms with Crippen LogP contribution in [0.2, 0.25) is 0 Å². The van der Waals surface area contributed by atoms with Crippen molar-refractivity contribution in [3.63, 3.8) is 0 Å². The van der Waals surface area contributed by atoms with Crippen molar-refractivity contribution in [2.24, 2.45) is 11.3 Å². The molecular formula is C10H14N2O2. The van der Waals surface area contributed by atoms with E-state index in [1.165, 1.54) is 4.90 Å². The predicted octanol–water partition coefficient (Wildman–Crippen LogP) is 1.68. The van der Waals surface area contributed by atoms with E-state index in [1.807, 2.05) is 0 Å². The SMILES string of the molecule is N#CC1CC2(CCN(C(=O)O)CC2)C1. The van der Waals surface area contributed by atoms with Crippen LogP contribution in [0.15, 0.2) is 0 Å². The zero-order chi connectivity index (χ0) is 10.2. The molecule has 0 bridgehead atoms. The summed E-state index contributed by atoms with van der Waals surface area (Å²) in [7, 11) is 0. The smallest absolute Gasteiger partial charge is 0.407 e. The summed E-state index contributed by atoms with van der Waals surface area (Å²) in [6, 6.07) is 2.28. The molecule has 0 aromatic rings. The maximum Gasteiger partial charge on any atom is 0.407 e. The minimum atomic E-state index is -0.809. The fraction of sp³-hybridized carbons (Fsp3) is 0.800. The third-order valence-electron chi connectivity index (χ3n) is 3.64. The van der Waals surface area contributed by atoms with Crippen LogP contribution in [-0.2, 0) is 0 Å². The van der Waals surface area contributed by atoms with Crippen LogP contribution in [0.4, 0.5) is 4.79 Å². The van der Waals surface area contributed by atoms with Gasteiger partial charge in [0.15, 0.2) is 0 Å². The number of piperidine rings is 1. The Morgan fingerprint density at radius 3 is 2.43 bits per heavy atom. The maximum atomic E-state index is 10.7. The molecule has 1 N–H and O–H groups in total. The van der Waals surface area contributed by atoms with Crippen LogP contribution in [0.3, 0.4) is 0 Å². The largest absolute Gasteiger partial charge is 0.465 e. The zero-order valence-electron chi connectivity index (χ0n) is 8.07. The summed E-state index contributed by atoms with van der Waals surface area (Å²) in [5.41, 5.74) is 0.312. The van der Waals surface area contributed by atoms with Crippen molar-refractivity contribution < 1.29 is 9.90 Å². The quantitative estimate of drug-likeness (QED) is 0.638. The van der Waals surface area contributed by atoms with Gasteiger partial charge in [0.2, 0.25) is 0 Å². The standard InChI is InChI=1S/C10H14N2O2/c11-7-8-5-10(6-8)1-3-12(4-2-10)9(13)14/h8H,1-6H2,(H,13,14). The van der Waals surface area contributed by atoms with Crippen LogP contribution < -0.4 is 0 Å². The van der Waals surface area contributed by atoms with E-state index in [-0.39, 0.29) is 5.92 Å². The third-order valence-corrected chi connectivity index (χ3v) is 3.64. The fourth-order valence-electron chi connectivity index (χ4n) is 2.66. The molecule has 1 amide bonds. The number of nitrogens with zero attached hydrogens (tertiary/aromatic N) is 2. The van der Waals surface area contributed by atoms with Crippen LogP contribution in [0.5, 0.6) is 0 Å². The van der Waals surface area contributed by atoms with E-state index in [0.717, 1.165) is 25.7 Å². The van der Waals surface area contributed by atoms with Crippen LogP contribution in [0, 0.1) is 22.7 Å². The van der Waals surface area contributed by atoms with Gasteiger partial charge in [-0.15, -0.1) is 0 Å². The molecule has 4 heteroatoms. The number of carboxylic acid groups (broad SMARTS) is 1. The minimum absolute atomic E-state index is 0.228. The van der Waals surface area contributed by atoms with Crippen molar-refractivity contribution in [1.29, 1.82) is 5.26 Å². The highest BCUT2D eigenvalue weighted by Gasteiger charge is 2.46. The molecule has 2 rings (SSSR count). The van der Waals surface area contributed by atoms with E-state index in [0.29, 0.717) is 18.5 Å². The molecule has 0 atom stereocenters. The molecule has 0 aromatic carbocycles. The average Bonchev–Trinajstić information content (AvgIpc) is 2.14. The van der Waals surface area contributed by atoms with E-state index in [4.69, 9.17) is 10.4 Å². The van der Waals surface area contributed by atoms with Crippen LogP contribution >= 0.6 is 0 Å². The van der Waals surface area contributed by atoms with Crippen molar-refractivity contribution in [2.75, 3.05) is 13.1 Å². The van der Waals surface area contributed by atoms with Gasteiger partial charge in [-0.1, -0.05) is 0 Å². The zero-order valence-corrected chi connectivity index (χ0v) is 8.07. The lowest BCUT2D eigenvalue weighted by molar-refractivity contribution is 0.0109. The van der Waals surface area contributed by atoms with E-state index in [1.54, 1.807) is 0 Å². The average molecular weight is 194 g/mol. The lowest BCUT2D eigenvalue weighted by Crippen LogP contribution is -2.48. The first-order valence-electron chi connectivity index (χ1n) is 5.03. The summed E-state index contributed by atoms with van der Waals surface area (Å²) in [6.07, 6.45) is 3.04. The first-order chi connectivity index (χ1) is 6.65. The summed E-state index contributed by atoms with van der Waals surface area (Å²) in [4.78, 5) is 12.1. The molecule has 1 heterocycles. The van der Waals surface area contributed by atoms with Gasteiger partial charge in [-0.2, -0.15) is 5.26 Å². The first kappa shape index (κ1) is 9.32. The van der Waals surface area contributed by atoms with Crippen molar-refractivity contribution in [2.45, 2.75) is 25.7 Å². The van der Waals surface area contributed by atoms with Crippen LogP contribution in [-0.4, -0.2) is 29.2 Å². The summed E-state index contributed by atoms with van der Waals surface area (Å²) in [5, 5.41) is 17.5. The van der Waals surface area contributed by atoms with E-state index in [9.17, 15) is 4.79 Å².